The second-order valence-electron chi connectivity index (χ2n) is 6.94. The number of rotatable bonds is 2. The number of hydrogen-bond donors (Lipinski definition) is 0. The lowest BCUT2D eigenvalue weighted by Gasteiger charge is -2.54. The van der Waals surface area contributed by atoms with Gasteiger partial charge in [-0.15, -0.1) is 0 Å². The summed E-state index contributed by atoms with van der Waals surface area (Å²) in [4.78, 5) is 15.0. The third-order valence-electron chi connectivity index (χ3n) is 5.60. The molecule has 0 aliphatic heterocycles. The smallest absolute Gasteiger partial charge is 0.211 e. The zero-order valence-corrected chi connectivity index (χ0v) is 12.0. The first kappa shape index (κ1) is 13.5. The standard InChI is InChI=1S/C16H25NO/c1-12(2)13-6-9-15(3)7-5-8-16(4,17-11-18)14(15)10-13/h13-14H,1,5-10H2,2-4H3/t13-,14+,15+,16+/m0/s1. The van der Waals surface area contributed by atoms with E-state index in [0.717, 1.165) is 12.8 Å². The molecule has 0 N–H and O–H groups in total. The van der Waals surface area contributed by atoms with Gasteiger partial charge in [0.05, 0.1) is 5.54 Å². The van der Waals surface area contributed by atoms with E-state index in [0.29, 0.717) is 17.3 Å². The van der Waals surface area contributed by atoms with Crippen LogP contribution in [0.1, 0.15) is 59.3 Å². The van der Waals surface area contributed by atoms with Crippen LogP contribution < -0.4 is 0 Å². The lowest BCUT2D eigenvalue weighted by Crippen LogP contribution is -2.50. The van der Waals surface area contributed by atoms with E-state index in [1.165, 1.54) is 31.3 Å². The summed E-state index contributed by atoms with van der Waals surface area (Å²) >= 11 is 0. The van der Waals surface area contributed by atoms with Crippen molar-refractivity contribution in [1.29, 1.82) is 0 Å². The Labute approximate surface area is 111 Å². The van der Waals surface area contributed by atoms with Gasteiger partial charge in [-0.25, -0.2) is 4.79 Å². The Morgan fingerprint density at radius 1 is 1.33 bits per heavy atom. The van der Waals surface area contributed by atoms with E-state index in [9.17, 15) is 4.79 Å². The quantitative estimate of drug-likeness (QED) is 0.407. The van der Waals surface area contributed by atoms with E-state index in [1.807, 2.05) is 6.08 Å². The minimum absolute atomic E-state index is 0.192. The third-order valence-corrected chi connectivity index (χ3v) is 5.60. The van der Waals surface area contributed by atoms with Crippen molar-refractivity contribution >= 4 is 6.08 Å². The van der Waals surface area contributed by atoms with Crippen molar-refractivity contribution in [3.63, 3.8) is 0 Å². The second-order valence-corrected chi connectivity index (χ2v) is 6.94. The van der Waals surface area contributed by atoms with Crippen LogP contribution in [0.3, 0.4) is 0 Å². The van der Waals surface area contributed by atoms with Gasteiger partial charge in [0.1, 0.15) is 0 Å². The van der Waals surface area contributed by atoms with Crippen LogP contribution in [0, 0.1) is 17.3 Å². The maximum atomic E-state index is 10.8. The van der Waals surface area contributed by atoms with E-state index in [1.54, 1.807) is 0 Å². The van der Waals surface area contributed by atoms with Crippen molar-refractivity contribution in [2.45, 2.75) is 64.8 Å². The van der Waals surface area contributed by atoms with Crippen LogP contribution in [0.5, 0.6) is 0 Å². The van der Waals surface area contributed by atoms with E-state index in [4.69, 9.17) is 0 Å². The molecule has 0 aromatic heterocycles. The molecule has 0 aromatic carbocycles. The van der Waals surface area contributed by atoms with E-state index in [2.05, 4.69) is 32.3 Å². The summed E-state index contributed by atoms with van der Waals surface area (Å²) in [6.45, 7) is 10.8. The average molecular weight is 247 g/mol. The Kier molecular flexibility index (Phi) is 3.51. The van der Waals surface area contributed by atoms with Crippen LogP contribution in [0.4, 0.5) is 0 Å². The van der Waals surface area contributed by atoms with Crippen molar-refractivity contribution in [3.8, 4) is 0 Å². The zero-order chi connectivity index (χ0) is 13.4. The van der Waals surface area contributed by atoms with Crippen molar-refractivity contribution in [2.24, 2.45) is 22.2 Å². The van der Waals surface area contributed by atoms with Gasteiger partial charge in [-0.2, -0.15) is 4.99 Å². The third kappa shape index (κ3) is 2.19. The molecule has 4 atom stereocenters. The number of carbonyl (C=O) groups excluding carboxylic acids is 1. The Morgan fingerprint density at radius 3 is 2.67 bits per heavy atom. The van der Waals surface area contributed by atoms with Crippen molar-refractivity contribution in [2.75, 3.05) is 0 Å². The highest BCUT2D eigenvalue weighted by Gasteiger charge is 2.51. The van der Waals surface area contributed by atoms with E-state index >= 15 is 0 Å². The zero-order valence-electron chi connectivity index (χ0n) is 12.0. The molecule has 2 saturated carbocycles. The molecule has 2 rings (SSSR count). The number of aliphatic imine (C=N–C) groups is 1. The molecule has 2 aliphatic carbocycles. The molecular formula is C16H25NO. The van der Waals surface area contributed by atoms with Gasteiger partial charge in [0.25, 0.3) is 0 Å². The minimum Gasteiger partial charge on any atom is -0.211 e. The molecule has 2 nitrogen and oxygen atoms in total. The minimum atomic E-state index is -0.192. The van der Waals surface area contributed by atoms with Gasteiger partial charge in [0.2, 0.25) is 6.08 Å². The SMILES string of the molecule is C=C(C)[C@H]1CC[C@@]2(C)CCC[C@@](C)(N=C=O)[C@@H]2C1. The highest BCUT2D eigenvalue weighted by Crippen LogP contribution is 2.57. The Morgan fingerprint density at radius 2 is 2.06 bits per heavy atom. The highest BCUT2D eigenvalue weighted by atomic mass is 16.1. The van der Waals surface area contributed by atoms with Gasteiger partial charge in [-0.1, -0.05) is 25.5 Å². The van der Waals surface area contributed by atoms with Crippen LogP contribution >= 0.6 is 0 Å². The molecule has 2 aliphatic rings. The first-order valence-corrected chi connectivity index (χ1v) is 7.16. The van der Waals surface area contributed by atoms with E-state index < -0.39 is 0 Å². The Bertz CT molecular complexity index is 396. The highest BCUT2D eigenvalue weighted by molar-refractivity contribution is 5.35. The predicted molar refractivity (Wildman–Crippen MR) is 74.1 cm³/mol. The molecule has 0 spiro atoms. The summed E-state index contributed by atoms with van der Waals surface area (Å²) < 4.78 is 0. The molecule has 2 heteroatoms. The van der Waals surface area contributed by atoms with Gasteiger partial charge in [0, 0.05) is 0 Å². The molecule has 100 valence electrons. The summed E-state index contributed by atoms with van der Waals surface area (Å²) in [7, 11) is 0. The Hall–Kier alpha value is -0.880. The molecule has 0 heterocycles. The maximum Gasteiger partial charge on any atom is 0.235 e. The molecular weight excluding hydrogens is 222 g/mol. The fourth-order valence-corrected chi connectivity index (χ4v) is 4.38. The van der Waals surface area contributed by atoms with Crippen LogP contribution in [-0.4, -0.2) is 11.6 Å². The van der Waals surface area contributed by atoms with E-state index in [-0.39, 0.29) is 5.54 Å². The molecule has 2 fully saturated rings. The average Bonchev–Trinajstić information content (AvgIpc) is 2.28. The summed E-state index contributed by atoms with van der Waals surface area (Å²) in [5.41, 5.74) is 1.46. The lowest BCUT2D eigenvalue weighted by atomic mass is 9.52. The molecule has 0 radical (unpaired) electrons. The molecule has 0 aromatic rings. The molecule has 0 saturated heterocycles. The van der Waals surface area contributed by atoms with Crippen molar-refractivity contribution in [3.05, 3.63) is 12.2 Å². The maximum absolute atomic E-state index is 10.8. The van der Waals surface area contributed by atoms with Gasteiger partial charge >= 0.3 is 0 Å². The molecule has 0 amide bonds. The fraction of sp³-hybridized carbons (Fsp3) is 0.812. The number of allylic oxidation sites excluding steroid dienone is 1. The van der Waals surface area contributed by atoms with Crippen molar-refractivity contribution < 1.29 is 4.79 Å². The summed E-state index contributed by atoms with van der Waals surface area (Å²) in [6.07, 6.45) is 8.98. The van der Waals surface area contributed by atoms with Gasteiger partial charge in [-0.3, -0.25) is 0 Å². The first-order valence-electron chi connectivity index (χ1n) is 7.16. The number of fused-ring (bicyclic) bond motifs is 1. The summed E-state index contributed by atoms with van der Waals surface area (Å²) in [6, 6.07) is 0. The van der Waals surface area contributed by atoms with Crippen LogP contribution in [0.2, 0.25) is 0 Å². The largest absolute Gasteiger partial charge is 0.235 e. The molecule has 18 heavy (non-hydrogen) atoms. The van der Waals surface area contributed by atoms with Crippen LogP contribution in [-0.2, 0) is 4.79 Å². The van der Waals surface area contributed by atoms with Crippen LogP contribution in [0.15, 0.2) is 17.1 Å². The Balaban J connectivity index is 2.31. The molecule has 0 unspecified atom stereocenters. The number of isocyanates is 1. The summed E-state index contributed by atoms with van der Waals surface area (Å²) in [5, 5.41) is 0. The fourth-order valence-electron chi connectivity index (χ4n) is 4.38. The lowest BCUT2D eigenvalue weighted by molar-refractivity contribution is -0.00737. The monoisotopic (exact) mass is 247 g/mol. The second kappa shape index (κ2) is 4.66. The molecule has 0 bridgehead atoms. The number of nitrogens with zero attached hydrogens (tertiary/aromatic N) is 1. The number of hydrogen-bond acceptors (Lipinski definition) is 2. The summed E-state index contributed by atoms with van der Waals surface area (Å²) in [5.74, 6) is 1.12. The van der Waals surface area contributed by atoms with Gasteiger partial charge < -0.3 is 0 Å². The first-order chi connectivity index (χ1) is 8.41. The predicted octanol–water partition coefficient (Wildman–Crippen LogP) is 4.26. The normalized spacial score (nSPS) is 43.7. The van der Waals surface area contributed by atoms with Gasteiger partial charge in [-0.05, 0) is 63.2 Å². The topological polar surface area (TPSA) is 29.4 Å². The van der Waals surface area contributed by atoms with Gasteiger partial charge in [0.15, 0.2) is 0 Å². The van der Waals surface area contributed by atoms with Crippen LogP contribution in [0.25, 0.3) is 0 Å². The van der Waals surface area contributed by atoms with Crippen molar-refractivity contribution in [1.82, 2.24) is 0 Å².